The van der Waals surface area contributed by atoms with Crippen LogP contribution in [-0.2, 0) is 0 Å². The highest BCUT2D eigenvalue weighted by molar-refractivity contribution is 6.00. The number of H-pyrrole nitrogens is 2. The van der Waals surface area contributed by atoms with Gasteiger partial charge < -0.3 is 4.98 Å². The van der Waals surface area contributed by atoms with Crippen molar-refractivity contribution in [2.75, 3.05) is 0 Å². The summed E-state index contributed by atoms with van der Waals surface area (Å²) in [5, 5.41) is 9.57. The lowest BCUT2D eigenvalue weighted by atomic mass is 10.1. The van der Waals surface area contributed by atoms with Crippen molar-refractivity contribution < 1.29 is 4.39 Å². The number of aromatic nitrogens is 6. The average molecular weight is 406 g/mol. The third-order valence-corrected chi connectivity index (χ3v) is 5.34. The smallest absolute Gasteiger partial charge is 0.123 e. The predicted octanol–water partition coefficient (Wildman–Crippen LogP) is 5.37. The predicted molar refractivity (Wildman–Crippen MR) is 118 cm³/mol. The molecular weight excluding hydrogens is 391 g/mol. The van der Waals surface area contributed by atoms with E-state index in [4.69, 9.17) is 0 Å². The zero-order chi connectivity index (χ0) is 20.8. The van der Waals surface area contributed by atoms with Crippen LogP contribution in [0.4, 0.5) is 4.39 Å². The van der Waals surface area contributed by atoms with Gasteiger partial charge in [-0.1, -0.05) is 6.07 Å². The molecule has 148 valence electrons. The van der Waals surface area contributed by atoms with Gasteiger partial charge in [0.15, 0.2) is 0 Å². The lowest BCUT2D eigenvalue weighted by Crippen LogP contribution is -1.84. The van der Waals surface area contributed by atoms with Crippen molar-refractivity contribution in [3.8, 4) is 33.9 Å². The van der Waals surface area contributed by atoms with Crippen molar-refractivity contribution in [3.63, 3.8) is 0 Å². The molecule has 0 atom stereocenters. The van der Waals surface area contributed by atoms with E-state index >= 15 is 0 Å². The van der Waals surface area contributed by atoms with Crippen molar-refractivity contribution in [1.29, 1.82) is 0 Å². The van der Waals surface area contributed by atoms with Gasteiger partial charge in [0.25, 0.3) is 0 Å². The van der Waals surface area contributed by atoms with E-state index in [-0.39, 0.29) is 5.82 Å². The Morgan fingerprint density at radius 2 is 1.55 bits per heavy atom. The maximum atomic E-state index is 13.4. The van der Waals surface area contributed by atoms with Crippen LogP contribution in [0.3, 0.4) is 0 Å². The SMILES string of the molecule is Fc1ccc(-c2nccc3[nH]c(-c4n[nH]c5ccc(-c6cnccn6)cc45)cc23)cc1. The Morgan fingerprint density at radius 1 is 0.710 bits per heavy atom. The number of fused-ring (bicyclic) bond motifs is 2. The fourth-order valence-corrected chi connectivity index (χ4v) is 3.85. The summed E-state index contributed by atoms with van der Waals surface area (Å²) in [6.07, 6.45) is 6.82. The van der Waals surface area contributed by atoms with Crippen LogP contribution < -0.4 is 0 Å². The number of pyridine rings is 1. The normalized spacial score (nSPS) is 11.4. The number of benzene rings is 2. The van der Waals surface area contributed by atoms with E-state index in [0.717, 1.165) is 55.7 Å². The minimum atomic E-state index is -0.271. The van der Waals surface area contributed by atoms with Crippen LogP contribution in [0.2, 0.25) is 0 Å². The Hall–Kier alpha value is -4.39. The average Bonchev–Trinajstić information content (AvgIpc) is 3.43. The Balaban J connectivity index is 1.51. The summed E-state index contributed by atoms with van der Waals surface area (Å²) in [7, 11) is 0. The molecule has 0 aliphatic carbocycles. The summed E-state index contributed by atoms with van der Waals surface area (Å²) in [6.45, 7) is 0. The minimum absolute atomic E-state index is 0.271. The molecule has 6 rings (SSSR count). The first-order valence-electron chi connectivity index (χ1n) is 9.75. The molecule has 31 heavy (non-hydrogen) atoms. The second-order valence-corrected chi connectivity index (χ2v) is 7.23. The van der Waals surface area contributed by atoms with Crippen molar-refractivity contribution in [2.24, 2.45) is 0 Å². The van der Waals surface area contributed by atoms with Gasteiger partial charge in [-0.3, -0.25) is 20.1 Å². The standard InChI is InChI=1S/C24H15FN6/c25-16-4-1-14(2-5-16)23-18-12-21(29-19(18)7-8-28-23)24-17-11-15(3-6-20(17)30-31-24)22-13-26-9-10-27-22/h1-13,29H,(H,30,31). The molecule has 6 aromatic rings. The van der Waals surface area contributed by atoms with Crippen molar-refractivity contribution in [2.45, 2.75) is 0 Å². The summed E-state index contributed by atoms with van der Waals surface area (Å²) >= 11 is 0. The molecule has 0 unspecified atom stereocenters. The molecule has 0 spiro atoms. The van der Waals surface area contributed by atoms with Gasteiger partial charge in [-0.25, -0.2) is 4.39 Å². The van der Waals surface area contributed by atoms with Crippen molar-refractivity contribution in [1.82, 2.24) is 30.1 Å². The second-order valence-electron chi connectivity index (χ2n) is 7.23. The Kier molecular flexibility index (Phi) is 3.86. The monoisotopic (exact) mass is 406 g/mol. The molecule has 0 saturated heterocycles. The highest BCUT2D eigenvalue weighted by atomic mass is 19.1. The molecule has 4 heterocycles. The zero-order valence-electron chi connectivity index (χ0n) is 16.2. The number of hydrogen-bond donors (Lipinski definition) is 2. The summed E-state index contributed by atoms with van der Waals surface area (Å²) in [6, 6.07) is 16.4. The Bertz CT molecular complexity index is 1530. The minimum Gasteiger partial charge on any atom is -0.353 e. The van der Waals surface area contributed by atoms with Crippen molar-refractivity contribution >= 4 is 21.8 Å². The molecular formula is C24H15FN6. The molecule has 0 saturated carbocycles. The summed E-state index contributed by atoms with van der Waals surface area (Å²) in [5.41, 5.74) is 6.96. The molecule has 7 heteroatoms. The van der Waals surface area contributed by atoms with E-state index in [2.05, 4.69) is 36.2 Å². The van der Waals surface area contributed by atoms with Crippen LogP contribution in [0.15, 0.2) is 79.4 Å². The van der Waals surface area contributed by atoms with Crippen LogP contribution in [0.25, 0.3) is 55.7 Å². The number of hydrogen-bond acceptors (Lipinski definition) is 4. The Morgan fingerprint density at radius 3 is 2.39 bits per heavy atom. The van der Waals surface area contributed by atoms with Gasteiger partial charge in [-0.2, -0.15) is 5.10 Å². The first-order valence-corrected chi connectivity index (χ1v) is 9.75. The van der Waals surface area contributed by atoms with Gasteiger partial charge in [0.2, 0.25) is 0 Å². The van der Waals surface area contributed by atoms with Gasteiger partial charge in [-0.05, 0) is 48.5 Å². The number of nitrogens with one attached hydrogen (secondary N) is 2. The molecule has 0 amide bonds. The maximum absolute atomic E-state index is 13.4. The lowest BCUT2D eigenvalue weighted by Gasteiger charge is -2.02. The number of nitrogens with zero attached hydrogens (tertiary/aromatic N) is 4. The van der Waals surface area contributed by atoms with E-state index in [1.807, 2.05) is 24.3 Å². The fraction of sp³-hybridized carbons (Fsp3) is 0. The molecule has 4 aromatic heterocycles. The summed E-state index contributed by atoms with van der Waals surface area (Å²) in [5.74, 6) is -0.271. The van der Waals surface area contributed by atoms with Crippen LogP contribution in [0, 0.1) is 5.82 Å². The Labute approximate surface area is 175 Å². The first-order chi connectivity index (χ1) is 15.3. The lowest BCUT2D eigenvalue weighted by molar-refractivity contribution is 0.628. The van der Waals surface area contributed by atoms with E-state index < -0.39 is 0 Å². The first kappa shape index (κ1) is 17.5. The number of halogens is 1. The largest absolute Gasteiger partial charge is 0.353 e. The van der Waals surface area contributed by atoms with Crippen LogP contribution in [0.1, 0.15) is 0 Å². The molecule has 2 aromatic carbocycles. The van der Waals surface area contributed by atoms with Gasteiger partial charge in [-0.15, -0.1) is 0 Å². The summed E-state index contributed by atoms with van der Waals surface area (Å²) in [4.78, 5) is 16.5. The second kappa shape index (κ2) is 6.84. The highest BCUT2D eigenvalue weighted by Gasteiger charge is 2.15. The molecule has 2 N–H and O–H groups in total. The van der Waals surface area contributed by atoms with E-state index in [0.29, 0.717) is 0 Å². The van der Waals surface area contributed by atoms with Gasteiger partial charge in [0.1, 0.15) is 11.5 Å². The number of rotatable bonds is 3. The summed E-state index contributed by atoms with van der Waals surface area (Å²) < 4.78 is 13.4. The van der Waals surface area contributed by atoms with E-state index in [1.165, 1.54) is 12.1 Å². The van der Waals surface area contributed by atoms with Crippen LogP contribution in [-0.4, -0.2) is 30.1 Å². The third-order valence-electron chi connectivity index (χ3n) is 5.34. The molecule has 6 nitrogen and oxygen atoms in total. The molecule has 0 fully saturated rings. The molecule has 0 radical (unpaired) electrons. The van der Waals surface area contributed by atoms with Gasteiger partial charge in [0.05, 0.1) is 28.8 Å². The van der Waals surface area contributed by atoms with Gasteiger partial charge in [0, 0.05) is 46.0 Å². The zero-order valence-corrected chi connectivity index (χ0v) is 16.2. The van der Waals surface area contributed by atoms with Crippen molar-refractivity contribution in [3.05, 3.63) is 85.2 Å². The van der Waals surface area contributed by atoms with E-state index in [1.54, 1.807) is 36.9 Å². The topological polar surface area (TPSA) is 83.1 Å². The molecule has 0 bridgehead atoms. The van der Waals surface area contributed by atoms with Gasteiger partial charge >= 0.3 is 0 Å². The highest BCUT2D eigenvalue weighted by Crippen LogP contribution is 2.34. The maximum Gasteiger partial charge on any atom is 0.123 e. The van der Waals surface area contributed by atoms with Crippen LogP contribution >= 0.6 is 0 Å². The third kappa shape index (κ3) is 2.95. The number of aromatic amines is 2. The fourth-order valence-electron chi connectivity index (χ4n) is 3.85. The van der Waals surface area contributed by atoms with Crippen LogP contribution in [0.5, 0.6) is 0 Å². The quantitative estimate of drug-likeness (QED) is 0.414. The molecule has 0 aliphatic heterocycles. The molecule has 0 aliphatic rings. The van der Waals surface area contributed by atoms with E-state index in [9.17, 15) is 4.39 Å².